The van der Waals surface area contributed by atoms with Crippen LogP contribution in [0.25, 0.3) is 11.5 Å². The molecule has 3 heterocycles. The molecule has 0 saturated heterocycles. The monoisotopic (exact) mass is 481 g/mol. The summed E-state index contributed by atoms with van der Waals surface area (Å²) >= 11 is 12.9. The normalized spacial score (nSPS) is 17.1. The lowest BCUT2D eigenvalue weighted by molar-refractivity contribution is 0.0917. The van der Waals surface area contributed by atoms with Crippen molar-refractivity contribution < 1.29 is 14.1 Å². The first-order chi connectivity index (χ1) is 16.0. The van der Waals surface area contributed by atoms with E-state index in [1.807, 2.05) is 47.4 Å². The number of methoxy groups -OCH3 is 1. The van der Waals surface area contributed by atoms with E-state index in [-0.39, 0.29) is 17.5 Å². The highest BCUT2D eigenvalue weighted by Gasteiger charge is 2.44. The highest BCUT2D eigenvalue weighted by Crippen LogP contribution is 2.46. The Kier molecular flexibility index (Phi) is 5.70. The Balaban J connectivity index is 1.50. The Labute approximate surface area is 199 Å². The number of hydrogen-bond acceptors (Lipinski definition) is 8. The molecule has 4 aromatic rings. The zero-order valence-electron chi connectivity index (χ0n) is 17.4. The van der Waals surface area contributed by atoms with Gasteiger partial charge in [-0.25, -0.2) is 0 Å². The van der Waals surface area contributed by atoms with Crippen LogP contribution in [0.5, 0.6) is 5.75 Å². The molecule has 10 heteroatoms. The Morgan fingerprint density at radius 1 is 1.18 bits per heavy atom. The summed E-state index contributed by atoms with van der Waals surface area (Å²) in [6, 6.07) is 16.4. The van der Waals surface area contributed by atoms with Gasteiger partial charge in [0.2, 0.25) is 11.6 Å². The number of nitrogens with zero attached hydrogens (tertiary/aromatic N) is 5. The average Bonchev–Trinajstić information content (AvgIpc) is 3.44. The molecule has 1 aliphatic heterocycles. The molecule has 0 N–H and O–H groups in total. The van der Waals surface area contributed by atoms with Crippen LogP contribution in [0.4, 0.5) is 5.69 Å². The van der Waals surface area contributed by atoms with E-state index in [2.05, 4.69) is 20.3 Å². The maximum absolute atomic E-state index is 13.5. The summed E-state index contributed by atoms with van der Waals surface area (Å²) in [4.78, 5) is 19.7. The fraction of sp³-hybridized carbons (Fsp3) is 0.174. The number of anilines is 1. The highest BCUT2D eigenvalue weighted by molar-refractivity contribution is 6.30. The lowest BCUT2D eigenvalue weighted by Gasteiger charge is -2.25. The number of Topliss-reactive ketones (excluding diaryl/α,β-unsaturated/α-hetero) is 1. The van der Waals surface area contributed by atoms with E-state index in [4.69, 9.17) is 32.5 Å². The van der Waals surface area contributed by atoms with Crippen LogP contribution in [-0.2, 0) is 6.54 Å². The molecule has 33 heavy (non-hydrogen) atoms. The fourth-order valence-electron chi connectivity index (χ4n) is 3.84. The number of carbonyl (C=O) groups is 1. The molecule has 2 aromatic carbocycles. The number of alkyl halides is 1. The summed E-state index contributed by atoms with van der Waals surface area (Å²) in [5.74, 6) is -0.465. The molecule has 8 nitrogen and oxygen atoms in total. The zero-order valence-corrected chi connectivity index (χ0v) is 18.9. The van der Waals surface area contributed by atoms with E-state index < -0.39 is 11.4 Å². The third kappa shape index (κ3) is 4.03. The van der Waals surface area contributed by atoms with Gasteiger partial charge < -0.3 is 14.2 Å². The highest BCUT2D eigenvalue weighted by atomic mass is 35.5. The van der Waals surface area contributed by atoms with E-state index in [0.717, 1.165) is 16.8 Å². The van der Waals surface area contributed by atoms with Crippen molar-refractivity contribution in [1.29, 1.82) is 0 Å². The summed E-state index contributed by atoms with van der Waals surface area (Å²) in [7, 11) is 1.57. The van der Waals surface area contributed by atoms with Crippen LogP contribution < -0.4 is 9.64 Å². The van der Waals surface area contributed by atoms with Crippen LogP contribution in [0.1, 0.15) is 27.7 Å². The third-order valence-electron chi connectivity index (χ3n) is 5.44. The summed E-state index contributed by atoms with van der Waals surface area (Å²) in [6.07, 6.45) is 1.53. The topological polar surface area (TPSA) is 94.2 Å². The minimum absolute atomic E-state index is 0.145. The van der Waals surface area contributed by atoms with Crippen LogP contribution in [0, 0.1) is 0 Å². The number of aromatic nitrogens is 4. The van der Waals surface area contributed by atoms with Crippen molar-refractivity contribution in [2.24, 2.45) is 0 Å². The van der Waals surface area contributed by atoms with Gasteiger partial charge in [0.25, 0.3) is 5.89 Å². The predicted molar refractivity (Wildman–Crippen MR) is 123 cm³/mol. The van der Waals surface area contributed by atoms with Crippen LogP contribution in [0.3, 0.4) is 0 Å². The summed E-state index contributed by atoms with van der Waals surface area (Å²) in [5, 5.41) is 12.3. The average molecular weight is 482 g/mol. The quantitative estimate of drug-likeness (QED) is 0.221. The molecule has 2 atom stereocenters. The van der Waals surface area contributed by atoms with Crippen molar-refractivity contribution in [2.75, 3.05) is 12.0 Å². The number of ether oxygens (including phenoxy) is 1. The van der Waals surface area contributed by atoms with Crippen LogP contribution >= 0.6 is 23.2 Å². The van der Waals surface area contributed by atoms with Gasteiger partial charge in [0, 0.05) is 23.5 Å². The molecule has 0 spiro atoms. The van der Waals surface area contributed by atoms with Gasteiger partial charge in [0.1, 0.15) is 16.9 Å². The van der Waals surface area contributed by atoms with Crippen molar-refractivity contribution in [3.63, 3.8) is 0 Å². The molecule has 0 saturated carbocycles. The summed E-state index contributed by atoms with van der Waals surface area (Å²) in [6.45, 7) is 0.489. The molecule has 0 bridgehead atoms. The van der Waals surface area contributed by atoms with Crippen LogP contribution in [0.2, 0.25) is 5.02 Å². The molecular formula is C23H17Cl2N5O3. The number of rotatable bonds is 6. The van der Waals surface area contributed by atoms with Gasteiger partial charge in [-0.15, -0.1) is 5.10 Å². The molecule has 2 aromatic heterocycles. The van der Waals surface area contributed by atoms with E-state index >= 15 is 0 Å². The number of halogens is 2. The van der Waals surface area contributed by atoms with E-state index in [9.17, 15) is 4.79 Å². The number of carbonyl (C=O) groups excluding carboxylic acids is 1. The smallest absolute Gasteiger partial charge is 0.295 e. The molecule has 0 fully saturated rings. The Hall–Kier alpha value is -3.49. The maximum atomic E-state index is 13.5. The van der Waals surface area contributed by atoms with E-state index in [1.54, 1.807) is 19.2 Å². The van der Waals surface area contributed by atoms with E-state index in [1.165, 1.54) is 6.20 Å². The number of ketones is 1. The van der Waals surface area contributed by atoms with Gasteiger partial charge >= 0.3 is 0 Å². The first kappa shape index (κ1) is 21.4. The van der Waals surface area contributed by atoms with Crippen LogP contribution in [0.15, 0.2) is 65.3 Å². The van der Waals surface area contributed by atoms with Crippen LogP contribution in [-0.4, -0.2) is 38.7 Å². The third-order valence-corrected chi connectivity index (χ3v) is 6.18. The Morgan fingerprint density at radius 2 is 2.00 bits per heavy atom. The van der Waals surface area contributed by atoms with Gasteiger partial charge in [-0.2, -0.15) is 10.1 Å². The first-order valence-corrected chi connectivity index (χ1v) is 10.9. The van der Waals surface area contributed by atoms with Crippen molar-refractivity contribution >= 4 is 34.7 Å². The fourth-order valence-corrected chi connectivity index (χ4v) is 4.39. The van der Waals surface area contributed by atoms with Crippen molar-refractivity contribution in [3.8, 4) is 17.3 Å². The minimum Gasteiger partial charge on any atom is -0.497 e. The second-order valence-corrected chi connectivity index (χ2v) is 8.31. The molecule has 5 rings (SSSR count). The second-order valence-electron chi connectivity index (χ2n) is 7.43. The molecule has 166 valence electrons. The van der Waals surface area contributed by atoms with E-state index in [0.29, 0.717) is 23.0 Å². The van der Waals surface area contributed by atoms with Gasteiger partial charge in [-0.05, 0) is 53.6 Å². The van der Waals surface area contributed by atoms with Crippen molar-refractivity contribution in [2.45, 2.75) is 18.0 Å². The Morgan fingerprint density at radius 3 is 2.73 bits per heavy atom. The molecule has 2 unspecified atom stereocenters. The lowest BCUT2D eigenvalue weighted by atomic mass is 9.96. The summed E-state index contributed by atoms with van der Waals surface area (Å²) < 4.78 is 10.7. The van der Waals surface area contributed by atoms with Crippen molar-refractivity contribution in [1.82, 2.24) is 20.3 Å². The molecule has 0 amide bonds. The second kappa shape index (κ2) is 8.80. The molecular weight excluding hydrogens is 465 g/mol. The summed E-state index contributed by atoms with van der Waals surface area (Å²) in [5.41, 5.74) is 2.29. The number of hydrogen-bond donors (Lipinski definition) is 0. The molecule has 0 aliphatic carbocycles. The standard InChI is InChI=1S/C23H17Cl2N5O3/c1-32-15-8-9-18-16(11-15)19(21(25)30(18)12-13-4-6-14(24)7-5-13)20(31)23-27-22(29-33-23)17-3-2-10-26-28-17/h2-11,19,21H,12H2,1H3. The van der Waals surface area contributed by atoms with Gasteiger partial charge in [0.15, 0.2) is 0 Å². The molecule has 1 aliphatic rings. The first-order valence-electron chi connectivity index (χ1n) is 10.0. The number of benzene rings is 2. The molecule has 0 radical (unpaired) electrons. The zero-order chi connectivity index (χ0) is 22.9. The Bertz CT molecular complexity index is 1300. The van der Waals surface area contributed by atoms with Gasteiger partial charge in [-0.3, -0.25) is 4.79 Å². The van der Waals surface area contributed by atoms with Crippen molar-refractivity contribution in [3.05, 3.63) is 82.8 Å². The predicted octanol–water partition coefficient (Wildman–Crippen LogP) is 4.74. The SMILES string of the molecule is COc1ccc2c(c1)C(C(=O)c1nc(-c3cccnn3)no1)C(Cl)N2Cc1ccc(Cl)cc1. The maximum Gasteiger partial charge on any atom is 0.295 e. The minimum atomic E-state index is -0.737. The lowest BCUT2D eigenvalue weighted by Crippen LogP contribution is -2.32. The largest absolute Gasteiger partial charge is 0.497 e. The number of fused-ring (bicyclic) bond motifs is 1. The van der Waals surface area contributed by atoms with Gasteiger partial charge in [0.05, 0.1) is 13.0 Å². The van der Waals surface area contributed by atoms with Gasteiger partial charge in [-0.1, -0.05) is 40.5 Å².